The van der Waals surface area contributed by atoms with Crippen LogP contribution < -0.4 is 0 Å². The molecule has 19 heavy (non-hydrogen) atoms. The molecule has 1 aliphatic rings. The van der Waals surface area contributed by atoms with Gasteiger partial charge in [0, 0.05) is 0 Å². The lowest BCUT2D eigenvalue weighted by atomic mass is 9.93. The first-order valence-electron chi connectivity index (χ1n) is 6.51. The summed E-state index contributed by atoms with van der Waals surface area (Å²) in [5.74, 6) is 0.697. The van der Waals surface area contributed by atoms with Gasteiger partial charge in [0.25, 0.3) is 0 Å². The average molecular weight is 254 g/mol. The smallest absolute Gasteiger partial charge is 0.166 e. The Balaban J connectivity index is 2.02. The first-order chi connectivity index (χ1) is 9.31. The Morgan fingerprint density at radius 2 is 2.05 bits per heavy atom. The van der Waals surface area contributed by atoms with Gasteiger partial charge in [-0.2, -0.15) is 0 Å². The second kappa shape index (κ2) is 6.74. The Morgan fingerprint density at radius 1 is 1.26 bits per heavy atom. The number of ketones is 1. The van der Waals surface area contributed by atoms with Gasteiger partial charge in [-0.25, -0.2) is 0 Å². The monoisotopic (exact) mass is 254 g/mol. The van der Waals surface area contributed by atoms with Crippen LogP contribution in [-0.2, 0) is 16.1 Å². The number of carbonyl (C=O) groups excluding carboxylic acids is 1. The van der Waals surface area contributed by atoms with Crippen molar-refractivity contribution in [2.75, 3.05) is 0 Å². The predicted octanol–water partition coefficient (Wildman–Crippen LogP) is 3.81. The number of rotatable bonds is 5. The van der Waals surface area contributed by atoms with E-state index in [2.05, 4.69) is 0 Å². The Kier molecular flexibility index (Phi) is 4.73. The van der Waals surface area contributed by atoms with Crippen LogP contribution in [0.4, 0.5) is 0 Å². The highest BCUT2D eigenvalue weighted by Crippen LogP contribution is 2.24. The van der Waals surface area contributed by atoms with Crippen LogP contribution in [0.1, 0.15) is 18.9 Å². The van der Waals surface area contributed by atoms with E-state index in [1.54, 1.807) is 12.2 Å². The summed E-state index contributed by atoms with van der Waals surface area (Å²) < 4.78 is 5.80. The van der Waals surface area contributed by atoms with Gasteiger partial charge in [-0.15, -0.1) is 0 Å². The van der Waals surface area contributed by atoms with Crippen molar-refractivity contribution >= 4 is 5.78 Å². The van der Waals surface area contributed by atoms with Crippen molar-refractivity contribution in [2.24, 2.45) is 5.92 Å². The largest absolute Gasteiger partial charge is 0.492 e. The lowest BCUT2D eigenvalue weighted by molar-refractivity contribution is -0.118. The van der Waals surface area contributed by atoms with Crippen molar-refractivity contribution in [1.29, 1.82) is 0 Å². The summed E-state index contributed by atoms with van der Waals surface area (Å²) in [6.45, 7) is 2.46. The molecule has 98 valence electrons. The van der Waals surface area contributed by atoms with Crippen molar-refractivity contribution < 1.29 is 9.53 Å². The summed E-state index contributed by atoms with van der Waals surface area (Å²) >= 11 is 0. The van der Waals surface area contributed by atoms with Crippen LogP contribution in [0.5, 0.6) is 0 Å². The summed E-state index contributed by atoms with van der Waals surface area (Å²) in [6, 6.07) is 9.97. The Morgan fingerprint density at radius 3 is 2.79 bits per heavy atom. The quantitative estimate of drug-likeness (QED) is 0.747. The zero-order valence-electron chi connectivity index (χ0n) is 11.1. The lowest BCUT2D eigenvalue weighted by Gasteiger charge is -2.19. The number of hydrogen-bond donors (Lipinski definition) is 0. The van der Waals surface area contributed by atoms with Crippen LogP contribution in [0.3, 0.4) is 0 Å². The number of hydrogen-bond acceptors (Lipinski definition) is 2. The van der Waals surface area contributed by atoms with Crippen LogP contribution in [0.2, 0.25) is 0 Å². The molecule has 2 nitrogen and oxygen atoms in total. The molecule has 2 heteroatoms. The third-order valence-corrected chi connectivity index (χ3v) is 3.06. The number of carbonyl (C=O) groups is 1. The van der Waals surface area contributed by atoms with Gasteiger partial charge in [0.15, 0.2) is 5.78 Å². The normalized spacial score (nSPS) is 18.7. The minimum Gasteiger partial charge on any atom is -0.492 e. The van der Waals surface area contributed by atoms with Crippen LogP contribution in [0, 0.1) is 5.92 Å². The second-order valence-corrected chi connectivity index (χ2v) is 4.46. The van der Waals surface area contributed by atoms with E-state index in [1.165, 1.54) is 0 Å². The molecule has 0 fully saturated rings. The van der Waals surface area contributed by atoms with Crippen molar-refractivity contribution in [3.63, 3.8) is 0 Å². The lowest BCUT2D eigenvalue weighted by Crippen LogP contribution is -2.18. The van der Waals surface area contributed by atoms with Gasteiger partial charge in [-0.1, -0.05) is 48.6 Å². The van der Waals surface area contributed by atoms with E-state index in [4.69, 9.17) is 4.74 Å². The van der Waals surface area contributed by atoms with E-state index in [0.717, 1.165) is 11.3 Å². The molecule has 1 unspecified atom stereocenters. The first kappa shape index (κ1) is 13.3. The fraction of sp³-hybridized carbons (Fsp3) is 0.235. The minimum atomic E-state index is -0.176. The molecule has 0 spiro atoms. The molecule has 0 saturated heterocycles. The van der Waals surface area contributed by atoms with Gasteiger partial charge in [-0.3, -0.25) is 4.79 Å². The Hall–Kier alpha value is -2.09. The minimum absolute atomic E-state index is 0.115. The summed E-state index contributed by atoms with van der Waals surface area (Å²) in [4.78, 5) is 11.9. The van der Waals surface area contributed by atoms with Crippen molar-refractivity contribution in [1.82, 2.24) is 0 Å². The highest BCUT2D eigenvalue weighted by Gasteiger charge is 2.23. The Labute approximate surface area is 114 Å². The highest BCUT2D eigenvalue weighted by molar-refractivity contribution is 5.95. The van der Waals surface area contributed by atoms with Gasteiger partial charge < -0.3 is 4.74 Å². The molecule has 2 rings (SSSR count). The molecular weight excluding hydrogens is 236 g/mol. The van der Waals surface area contributed by atoms with Gasteiger partial charge in [0.05, 0.1) is 5.92 Å². The van der Waals surface area contributed by atoms with Gasteiger partial charge in [0.2, 0.25) is 0 Å². The van der Waals surface area contributed by atoms with E-state index in [9.17, 15) is 4.79 Å². The van der Waals surface area contributed by atoms with E-state index in [1.807, 2.05) is 55.5 Å². The van der Waals surface area contributed by atoms with Crippen LogP contribution in [-0.4, -0.2) is 5.78 Å². The fourth-order valence-corrected chi connectivity index (χ4v) is 2.00. The number of benzene rings is 1. The Bertz CT molecular complexity index is 509. The highest BCUT2D eigenvalue weighted by atomic mass is 16.5. The molecule has 0 saturated carbocycles. The van der Waals surface area contributed by atoms with Crippen LogP contribution >= 0.6 is 0 Å². The van der Waals surface area contributed by atoms with Crippen LogP contribution in [0.25, 0.3) is 0 Å². The molecule has 0 amide bonds. The third-order valence-electron chi connectivity index (χ3n) is 3.06. The third kappa shape index (κ3) is 3.68. The molecule has 0 aliphatic heterocycles. The van der Waals surface area contributed by atoms with E-state index >= 15 is 0 Å². The summed E-state index contributed by atoms with van der Waals surface area (Å²) in [5.41, 5.74) is 1.11. The molecule has 1 aliphatic carbocycles. The zero-order valence-corrected chi connectivity index (χ0v) is 11.1. The van der Waals surface area contributed by atoms with Crippen LogP contribution in [0.15, 0.2) is 66.5 Å². The molecule has 0 aromatic heterocycles. The van der Waals surface area contributed by atoms with Gasteiger partial charge in [-0.05, 0) is 31.1 Å². The second-order valence-electron chi connectivity index (χ2n) is 4.46. The molecule has 1 aromatic carbocycles. The summed E-state index contributed by atoms with van der Waals surface area (Å²) in [7, 11) is 0. The SMILES string of the molecule is CC=CCC1C(=O)C=CC=C1OCc1ccccc1. The molecule has 0 radical (unpaired) electrons. The van der Waals surface area contributed by atoms with Crippen molar-refractivity contribution in [3.8, 4) is 0 Å². The van der Waals surface area contributed by atoms with E-state index < -0.39 is 0 Å². The maximum atomic E-state index is 11.9. The molecular formula is C17H18O2. The van der Waals surface area contributed by atoms with Crippen molar-refractivity contribution in [3.05, 3.63) is 72.0 Å². The standard InChI is InChI=1S/C17H18O2/c1-2-3-10-15-16(18)11-7-12-17(15)19-13-14-8-5-4-6-9-14/h2-9,11-12,15H,10,13H2,1H3. The molecule has 0 N–H and O–H groups in total. The number of allylic oxidation sites excluding steroid dienone is 6. The zero-order chi connectivity index (χ0) is 13.5. The molecule has 0 bridgehead atoms. The first-order valence-corrected chi connectivity index (χ1v) is 6.51. The molecule has 1 aromatic rings. The van der Waals surface area contributed by atoms with Gasteiger partial charge >= 0.3 is 0 Å². The maximum Gasteiger partial charge on any atom is 0.166 e. The van der Waals surface area contributed by atoms with Gasteiger partial charge in [0.1, 0.15) is 12.4 Å². The molecule has 1 atom stereocenters. The predicted molar refractivity (Wildman–Crippen MR) is 76.4 cm³/mol. The van der Waals surface area contributed by atoms with E-state index in [0.29, 0.717) is 13.0 Å². The summed E-state index contributed by atoms with van der Waals surface area (Å²) in [6.07, 6.45) is 9.92. The molecule has 0 heterocycles. The maximum absolute atomic E-state index is 11.9. The fourth-order valence-electron chi connectivity index (χ4n) is 2.00. The number of ether oxygens (including phenoxy) is 1. The topological polar surface area (TPSA) is 26.3 Å². The summed E-state index contributed by atoms with van der Waals surface area (Å²) in [5, 5.41) is 0. The van der Waals surface area contributed by atoms with E-state index in [-0.39, 0.29) is 11.7 Å². The average Bonchev–Trinajstić information content (AvgIpc) is 2.45. The van der Waals surface area contributed by atoms with Crippen molar-refractivity contribution in [2.45, 2.75) is 20.0 Å².